The summed E-state index contributed by atoms with van der Waals surface area (Å²) in [6.45, 7) is 3.94. The van der Waals surface area contributed by atoms with Gasteiger partial charge in [-0.2, -0.15) is 0 Å². The first-order chi connectivity index (χ1) is 14.4. The molecular weight excluding hydrogens is 390 g/mol. The Morgan fingerprint density at radius 1 is 0.967 bits per heavy atom. The Labute approximate surface area is 171 Å². The molecule has 30 heavy (non-hydrogen) atoms. The summed E-state index contributed by atoms with van der Waals surface area (Å²) in [6, 6.07) is 11.7. The second-order valence-corrected chi connectivity index (χ2v) is 6.62. The average molecular weight is 411 g/mol. The van der Waals surface area contributed by atoms with Crippen molar-refractivity contribution < 1.29 is 24.6 Å². The minimum atomic E-state index is -1.82. The number of piperazine rings is 1. The molecule has 3 N–H and O–H groups in total. The summed E-state index contributed by atoms with van der Waals surface area (Å²) in [4.78, 5) is 46.9. The molecule has 0 atom stereocenters. The third-order valence-corrected chi connectivity index (χ3v) is 4.56. The van der Waals surface area contributed by atoms with Crippen LogP contribution in [0.1, 0.15) is 16.2 Å². The van der Waals surface area contributed by atoms with Gasteiger partial charge in [-0.15, -0.1) is 0 Å². The number of aliphatic carboxylic acids is 2. The van der Waals surface area contributed by atoms with E-state index in [9.17, 15) is 4.79 Å². The first-order valence-corrected chi connectivity index (χ1v) is 9.25. The third-order valence-electron chi connectivity index (χ3n) is 4.56. The molecule has 0 saturated carbocycles. The van der Waals surface area contributed by atoms with Crippen molar-refractivity contribution >= 4 is 28.9 Å². The fourth-order valence-electron chi connectivity index (χ4n) is 3.07. The molecule has 1 saturated heterocycles. The van der Waals surface area contributed by atoms with E-state index in [1.807, 2.05) is 35.2 Å². The standard InChI is InChI=1S/C18H19N5O.C2H2O4/c24-18(14-4-3-7-19-12-14)23-10-8-22(9-11-23)13-17-20-15-5-1-2-6-16(15)21-17;3-1(4)2(5)6/h1-7,12H,8-11,13H2,(H,20,21);(H,3,4)(H,5,6). The van der Waals surface area contributed by atoms with Crippen LogP contribution in [0.5, 0.6) is 0 Å². The number of pyridine rings is 1. The van der Waals surface area contributed by atoms with E-state index in [0.29, 0.717) is 5.56 Å². The number of nitrogens with zero attached hydrogens (tertiary/aromatic N) is 4. The van der Waals surface area contributed by atoms with Crippen molar-refractivity contribution in [2.75, 3.05) is 26.2 Å². The van der Waals surface area contributed by atoms with Gasteiger partial charge in [0.15, 0.2) is 0 Å². The Morgan fingerprint density at radius 2 is 1.67 bits per heavy atom. The van der Waals surface area contributed by atoms with Crippen molar-refractivity contribution in [2.24, 2.45) is 0 Å². The van der Waals surface area contributed by atoms with Crippen molar-refractivity contribution in [3.8, 4) is 0 Å². The topological polar surface area (TPSA) is 140 Å². The number of para-hydroxylation sites is 2. The fraction of sp³-hybridized carbons (Fsp3) is 0.250. The zero-order chi connectivity index (χ0) is 21.5. The van der Waals surface area contributed by atoms with Crippen molar-refractivity contribution in [1.82, 2.24) is 24.8 Å². The largest absolute Gasteiger partial charge is 0.473 e. The molecule has 1 aromatic carbocycles. The number of benzene rings is 1. The molecule has 0 unspecified atom stereocenters. The van der Waals surface area contributed by atoms with Gasteiger partial charge in [-0.3, -0.25) is 14.7 Å². The van der Waals surface area contributed by atoms with E-state index in [1.54, 1.807) is 18.5 Å². The van der Waals surface area contributed by atoms with Gasteiger partial charge in [-0.25, -0.2) is 14.6 Å². The number of aromatic nitrogens is 3. The molecule has 3 heterocycles. The van der Waals surface area contributed by atoms with Crippen molar-refractivity contribution in [3.05, 3.63) is 60.2 Å². The molecule has 10 heteroatoms. The van der Waals surface area contributed by atoms with Crippen molar-refractivity contribution in [3.63, 3.8) is 0 Å². The van der Waals surface area contributed by atoms with Gasteiger partial charge in [-0.1, -0.05) is 12.1 Å². The summed E-state index contributed by atoms with van der Waals surface area (Å²) < 4.78 is 0. The van der Waals surface area contributed by atoms with E-state index in [1.165, 1.54) is 0 Å². The summed E-state index contributed by atoms with van der Waals surface area (Å²) >= 11 is 0. The zero-order valence-corrected chi connectivity index (χ0v) is 16.1. The molecule has 2 aromatic heterocycles. The number of carboxylic acids is 2. The Kier molecular flexibility index (Phi) is 6.71. The van der Waals surface area contributed by atoms with Crippen molar-refractivity contribution in [1.29, 1.82) is 0 Å². The number of amides is 1. The van der Waals surface area contributed by atoms with Crippen molar-refractivity contribution in [2.45, 2.75) is 6.54 Å². The molecule has 1 fully saturated rings. The number of hydrogen-bond acceptors (Lipinski definition) is 6. The lowest BCUT2D eigenvalue weighted by Gasteiger charge is -2.34. The maximum absolute atomic E-state index is 12.4. The van der Waals surface area contributed by atoms with E-state index in [0.717, 1.165) is 49.6 Å². The van der Waals surface area contributed by atoms with Gasteiger partial charge in [0.05, 0.1) is 23.1 Å². The molecule has 10 nitrogen and oxygen atoms in total. The summed E-state index contributed by atoms with van der Waals surface area (Å²) in [5.74, 6) is -2.61. The Hall–Kier alpha value is -3.79. The smallest absolute Gasteiger partial charge is 0.414 e. The second kappa shape index (κ2) is 9.61. The molecule has 1 amide bonds. The number of hydrogen-bond donors (Lipinski definition) is 3. The zero-order valence-electron chi connectivity index (χ0n) is 16.1. The van der Waals surface area contributed by atoms with Crippen LogP contribution in [0.25, 0.3) is 11.0 Å². The maximum atomic E-state index is 12.4. The summed E-state index contributed by atoms with van der Waals surface area (Å²) in [7, 11) is 0. The number of aromatic amines is 1. The molecule has 0 spiro atoms. The molecule has 0 radical (unpaired) electrons. The van der Waals surface area contributed by atoms with Gasteiger partial charge >= 0.3 is 11.9 Å². The third kappa shape index (κ3) is 5.39. The molecule has 4 rings (SSSR count). The lowest BCUT2D eigenvalue weighted by molar-refractivity contribution is -0.159. The first kappa shape index (κ1) is 20.9. The van der Waals surface area contributed by atoms with Gasteiger partial charge in [0.2, 0.25) is 0 Å². The molecular formula is C20H21N5O5. The van der Waals surface area contributed by atoms with E-state index in [-0.39, 0.29) is 5.91 Å². The fourth-order valence-corrected chi connectivity index (χ4v) is 3.07. The minimum Gasteiger partial charge on any atom is -0.473 e. The van der Waals surface area contributed by atoms with Gasteiger partial charge in [-0.05, 0) is 24.3 Å². The number of nitrogens with one attached hydrogen (secondary N) is 1. The predicted molar refractivity (Wildman–Crippen MR) is 107 cm³/mol. The minimum absolute atomic E-state index is 0.0616. The van der Waals surface area contributed by atoms with Crippen LogP contribution >= 0.6 is 0 Å². The van der Waals surface area contributed by atoms with Crippen LogP contribution in [-0.4, -0.2) is 79.0 Å². The van der Waals surface area contributed by atoms with E-state index in [2.05, 4.69) is 19.9 Å². The van der Waals surface area contributed by atoms with Gasteiger partial charge in [0.1, 0.15) is 5.82 Å². The van der Waals surface area contributed by atoms with Crippen LogP contribution in [0, 0.1) is 0 Å². The highest BCUT2D eigenvalue weighted by Crippen LogP contribution is 2.14. The summed E-state index contributed by atoms with van der Waals surface area (Å²) in [5.41, 5.74) is 2.72. The highest BCUT2D eigenvalue weighted by molar-refractivity contribution is 6.27. The van der Waals surface area contributed by atoms with Crippen LogP contribution in [-0.2, 0) is 16.1 Å². The number of H-pyrrole nitrogens is 1. The average Bonchev–Trinajstić information content (AvgIpc) is 3.17. The van der Waals surface area contributed by atoms with Crippen LogP contribution < -0.4 is 0 Å². The second-order valence-electron chi connectivity index (χ2n) is 6.62. The van der Waals surface area contributed by atoms with E-state index in [4.69, 9.17) is 19.8 Å². The lowest BCUT2D eigenvalue weighted by atomic mass is 10.2. The summed E-state index contributed by atoms with van der Waals surface area (Å²) in [6.07, 6.45) is 3.31. The highest BCUT2D eigenvalue weighted by atomic mass is 16.4. The van der Waals surface area contributed by atoms with Gasteiger partial charge in [0, 0.05) is 38.6 Å². The van der Waals surface area contributed by atoms with Crippen LogP contribution in [0.15, 0.2) is 48.8 Å². The first-order valence-electron chi connectivity index (χ1n) is 9.25. The lowest BCUT2D eigenvalue weighted by Crippen LogP contribution is -2.48. The predicted octanol–water partition coefficient (Wildman–Crippen LogP) is 1.07. The molecule has 1 aliphatic rings. The van der Waals surface area contributed by atoms with Crippen LogP contribution in [0.3, 0.4) is 0 Å². The number of imidazole rings is 1. The summed E-state index contributed by atoms with van der Waals surface area (Å²) in [5, 5.41) is 14.8. The Morgan fingerprint density at radius 3 is 2.27 bits per heavy atom. The number of rotatable bonds is 3. The van der Waals surface area contributed by atoms with Crippen LogP contribution in [0.2, 0.25) is 0 Å². The molecule has 3 aromatic rings. The van der Waals surface area contributed by atoms with Gasteiger partial charge in [0.25, 0.3) is 5.91 Å². The van der Waals surface area contributed by atoms with Crippen LogP contribution in [0.4, 0.5) is 0 Å². The monoisotopic (exact) mass is 411 g/mol. The SMILES string of the molecule is O=C(O)C(=O)O.O=C(c1cccnc1)N1CCN(Cc2nc3ccccc3[nH]2)CC1. The number of carboxylic acid groups (broad SMARTS) is 2. The number of carbonyl (C=O) groups excluding carboxylic acids is 1. The van der Waals surface area contributed by atoms with E-state index < -0.39 is 11.9 Å². The Balaban J connectivity index is 0.000000377. The van der Waals surface area contributed by atoms with E-state index >= 15 is 0 Å². The maximum Gasteiger partial charge on any atom is 0.414 e. The molecule has 156 valence electrons. The number of fused-ring (bicyclic) bond motifs is 1. The van der Waals surface area contributed by atoms with Gasteiger partial charge < -0.3 is 20.1 Å². The molecule has 0 bridgehead atoms. The quantitative estimate of drug-likeness (QED) is 0.544. The normalized spacial score (nSPS) is 14.1. The molecule has 0 aliphatic carbocycles. The molecule has 1 aliphatic heterocycles. The highest BCUT2D eigenvalue weighted by Gasteiger charge is 2.22. The number of carbonyl (C=O) groups is 3. The Bertz CT molecular complexity index is 983.